The van der Waals surface area contributed by atoms with E-state index in [1.165, 1.54) is 34.1 Å². The van der Waals surface area contributed by atoms with Crippen molar-refractivity contribution in [2.75, 3.05) is 17.1 Å². The molecule has 0 aliphatic rings. The highest BCUT2D eigenvalue weighted by Crippen LogP contribution is 2.24. The Morgan fingerprint density at radius 2 is 1.63 bits per heavy atom. The number of sulfonamides is 1. The molecule has 2 rings (SSSR count). The summed E-state index contributed by atoms with van der Waals surface area (Å²) in [6.07, 6.45) is 1.64. The van der Waals surface area contributed by atoms with Gasteiger partial charge < -0.3 is 5.32 Å². The quantitative estimate of drug-likeness (QED) is 0.663. The first-order valence-corrected chi connectivity index (χ1v) is 11.9. The fourth-order valence-corrected chi connectivity index (χ4v) is 4.11. The largest absolute Gasteiger partial charge is 0.350 e. The predicted molar refractivity (Wildman–Crippen MR) is 120 cm³/mol. The molecule has 0 saturated heterocycles. The van der Waals surface area contributed by atoms with Crippen LogP contribution in [0.3, 0.4) is 0 Å². The normalized spacial score (nSPS) is 13.0. The minimum Gasteiger partial charge on any atom is -0.350 e. The first-order valence-electron chi connectivity index (χ1n) is 10.0. The van der Waals surface area contributed by atoms with Crippen molar-refractivity contribution < 1.29 is 17.6 Å². The first-order chi connectivity index (χ1) is 13.9. The SMILES string of the molecule is C[C@H](NC(=O)CCCN(c1ccc(F)cc1)S(C)(=O)=O)c1ccc(C(C)(C)C)cc1. The van der Waals surface area contributed by atoms with Crippen LogP contribution in [-0.2, 0) is 20.2 Å². The Bertz CT molecular complexity index is 949. The van der Waals surface area contributed by atoms with E-state index in [2.05, 4.69) is 38.2 Å². The van der Waals surface area contributed by atoms with Crippen molar-refractivity contribution >= 4 is 21.6 Å². The fourth-order valence-electron chi connectivity index (χ4n) is 3.15. The lowest BCUT2D eigenvalue weighted by Gasteiger charge is -2.23. The number of amides is 1. The van der Waals surface area contributed by atoms with Gasteiger partial charge in [0.25, 0.3) is 0 Å². The molecule has 0 heterocycles. The molecule has 0 spiro atoms. The summed E-state index contributed by atoms with van der Waals surface area (Å²) in [4.78, 5) is 12.3. The number of hydrogen-bond donors (Lipinski definition) is 1. The van der Waals surface area contributed by atoms with Gasteiger partial charge in [-0.15, -0.1) is 0 Å². The highest BCUT2D eigenvalue weighted by Gasteiger charge is 2.18. The maximum atomic E-state index is 13.1. The van der Waals surface area contributed by atoms with Crippen molar-refractivity contribution in [1.29, 1.82) is 0 Å². The van der Waals surface area contributed by atoms with Gasteiger partial charge in [-0.05, 0) is 54.2 Å². The number of carbonyl (C=O) groups excluding carboxylic acids is 1. The van der Waals surface area contributed by atoms with Crippen LogP contribution >= 0.6 is 0 Å². The Hall–Kier alpha value is -2.41. The summed E-state index contributed by atoms with van der Waals surface area (Å²) in [7, 11) is -3.53. The summed E-state index contributed by atoms with van der Waals surface area (Å²) in [6.45, 7) is 8.52. The average molecular weight is 435 g/mol. The van der Waals surface area contributed by atoms with Crippen LogP contribution in [0.2, 0.25) is 0 Å². The molecule has 2 aromatic carbocycles. The molecule has 0 unspecified atom stereocenters. The van der Waals surface area contributed by atoms with Gasteiger partial charge in [-0.2, -0.15) is 0 Å². The van der Waals surface area contributed by atoms with E-state index in [1.807, 2.05) is 19.1 Å². The topological polar surface area (TPSA) is 66.5 Å². The number of anilines is 1. The van der Waals surface area contributed by atoms with Crippen LogP contribution in [0, 0.1) is 5.82 Å². The molecule has 164 valence electrons. The van der Waals surface area contributed by atoms with Gasteiger partial charge >= 0.3 is 0 Å². The van der Waals surface area contributed by atoms with E-state index in [4.69, 9.17) is 0 Å². The van der Waals surface area contributed by atoms with Crippen molar-refractivity contribution in [2.24, 2.45) is 0 Å². The highest BCUT2D eigenvalue weighted by molar-refractivity contribution is 7.92. The molecule has 0 aliphatic carbocycles. The summed E-state index contributed by atoms with van der Waals surface area (Å²) in [6, 6.07) is 13.3. The Morgan fingerprint density at radius 3 is 2.13 bits per heavy atom. The van der Waals surface area contributed by atoms with Crippen molar-refractivity contribution in [2.45, 2.75) is 52.0 Å². The molecule has 30 heavy (non-hydrogen) atoms. The van der Waals surface area contributed by atoms with Gasteiger partial charge in [0.15, 0.2) is 0 Å². The zero-order valence-electron chi connectivity index (χ0n) is 18.3. The second-order valence-corrected chi connectivity index (χ2v) is 10.5. The number of nitrogens with one attached hydrogen (secondary N) is 1. The molecule has 0 saturated carbocycles. The molecule has 0 aliphatic heterocycles. The molecule has 2 aromatic rings. The van der Waals surface area contributed by atoms with E-state index in [9.17, 15) is 17.6 Å². The predicted octanol–water partition coefficient (Wildman–Crippen LogP) is 4.55. The molecule has 1 N–H and O–H groups in total. The third-order valence-electron chi connectivity index (χ3n) is 4.93. The molecule has 0 fully saturated rings. The Balaban J connectivity index is 1.92. The molecular weight excluding hydrogens is 403 g/mol. The standard InChI is InChI=1S/C23H31FN2O3S/c1-17(18-8-10-19(11-9-18)23(2,3)4)25-22(27)7-6-16-26(30(5,28)29)21-14-12-20(24)13-15-21/h8-15,17H,6-7,16H2,1-5H3,(H,25,27)/t17-/m0/s1. The average Bonchev–Trinajstić information content (AvgIpc) is 2.64. The molecule has 1 amide bonds. The van der Waals surface area contributed by atoms with Gasteiger partial charge in [0, 0.05) is 13.0 Å². The number of hydrogen-bond acceptors (Lipinski definition) is 3. The molecule has 5 nitrogen and oxygen atoms in total. The maximum absolute atomic E-state index is 13.1. The number of nitrogens with zero attached hydrogens (tertiary/aromatic N) is 1. The Labute approximate surface area is 179 Å². The van der Waals surface area contributed by atoms with Crippen LogP contribution in [0.25, 0.3) is 0 Å². The van der Waals surface area contributed by atoms with E-state index in [0.717, 1.165) is 11.8 Å². The van der Waals surface area contributed by atoms with Crippen LogP contribution in [0.15, 0.2) is 48.5 Å². The molecular formula is C23H31FN2O3S. The van der Waals surface area contributed by atoms with E-state index in [-0.39, 0.29) is 30.3 Å². The minimum atomic E-state index is -3.53. The smallest absolute Gasteiger partial charge is 0.232 e. The second kappa shape index (κ2) is 9.60. The van der Waals surface area contributed by atoms with E-state index in [1.54, 1.807) is 0 Å². The van der Waals surface area contributed by atoms with Crippen LogP contribution in [-0.4, -0.2) is 27.1 Å². The minimum absolute atomic E-state index is 0.0705. The summed E-state index contributed by atoms with van der Waals surface area (Å²) in [5.41, 5.74) is 2.69. The number of carbonyl (C=O) groups is 1. The van der Waals surface area contributed by atoms with Crippen LogP contribution in [0.5, 0.6) is 0 Å². The lowest BCUT2D eigenvalue weighted by molar-refractivity contribution is -0.121. The molecule has 1 atom stereocenters. The first kappa shape index (κ1) is 23.9. The Morgan fingerprint density at radius 1 is 1.07 bits per heavy atom. The number of halogens is 1. The van der Waals surface area contributed by atoms with Crippen molar-refractivity contribution in [3.05, 3.63) is 65.5 Å². The van der Waals surface area contributed by atoms with Gasteiger partial charge in [-0.25, -0.2) is 12.8 Å². The number of benzene rings is 2. The summed E-state index contributed by atoms with van der Waals surface area (Å²) >= 11 is 0. The van der Waals surface area contributed by atoms with Crippen molar-refractivity contribution in [1.82, 2.24) is 5.32 Å². The molecule has 0 aromatic heterocycles. The lowest BCUT2D eigenvalue weighted by atomic mass is 9.86. The summed E-state index contributed by atoms with van der Waals surface area (Å²) < 4.78 is 38.5. The van der Waals surface area contributed by atoms with E-state index >= 15 is 0 Å². The number of rotatable bonds is 8. The Kier molecular flexibility index (Phi) is 7.64. The second-order valence-electron chi connectivity index (χ2n) is 8.58. The summed E-state index contributed by atoms with van der Waals surface area (Å²) in [5, 5.41) is 2.96. The van der Waals surface area contributed by atoms with Gasteiger partial charge in [-0.1, -0.05) is 45.0 Å². The van der Waals surface area contributed by atoms with Gasteiger partial charge in [-0.3, -0.25) is 9.10 Å². The van der Waals surface area contributed by atoms with Gasteiger partial charge in [0.1, 0.15) is 5.82 Å². The third-order valence-corrected chi connectivity index (χ3v) is 6.13. The van der Waals surface area contributed by atoms with Gasteiger partial charge in [0.05, 0.1) is 18.0 Å². The highest BCUT2D eigenvalue weighted by atomic mass is 32.2. The van der Waals surface area contributed by atoms with Gasteiger partial charge in [0.2, 0.25) is 15.9 Å². The zero-order valence-corrected chi connectivity index (χ0v) is 19.1. The fraction of sp³-hybridized carbons (Fsp3) is 0.435. The van der Waals surface area contributed by atoms with Crippen molar-refractivity contribution in [3.8, 4) is 0 Å². The lowest BCUT2D eigenvalue weighted by Crippen LogP contribution is -2.32. The van der Waals surface area contributed by atoms with Crippen molar-refractivity contribution in [3.63, 3.8) is 0 Å². The van der Waals surface area contributed by atoms with Crippen LogP contribution in [0.1, 0.15) is 57.7 Å². The van der Waals surface area contributed by atoms with E-state index in [0.29, 0.717) is 12.1 Å². The monoisotopic (exact) mass is 434 g/mol. The third kappa shape index (κ3) is 6.83. The summed E-state index contributed by atoms with van der Waals surface area (Å²) in [5.74, 6) is -0.578. The maximum Gasteiger partial charge on any atom is 0.232 e. The molecule has 0 bridgehead atoms. The molecule has 0 radical (unpaired) electrons. The van der Waals surface area contributed by atoms with Crippen LogP contribution < -0.4 is 9.62 Å². The van der Waals surface area contributed by atoms with Crippen LogP contribution in [0.4, 0.5) is 10.1 Å². The zero-order chi connectivity index (χ0) is 22.5. The molecule has 7 heteroatoms. The van der Waals surface area contributed by atoms with E-state index < -0.39 is 15.8 Å².